The first-order valence-electron chi connectivity index (χ1n) is 11.3. The van der Waals surface area contributed by atoms with Crippen LogP contribution in [0.5, 0.6) is 5.75 Å². The molecule has 0 bridgehead atoms. The van der Waals surface area contributed by atoms with Crippen LogP contribution in [0, 0.1) is 0 Å². The topological polar surface area (TPSA) is 96.0 Å². The molecule has 1 N–H and O–H groups in total. The lowest BCUT2D eigenvalue weighted by molar-refractivity contribution is -0.117. The number of nitrogens with one attached hydrogen (secondary N) is 1. The first-order valence-corrected chi connectivity index (χ1v) is 13.7. The van der Waals surface area contributed by atoms with E-state index >= 15 is 0 Å². The summed E-state index contributed by atoms with van der Waals surface area (Å²) in [6, 6.07) is 12.1. The molecule has 8 nitrogen and oxygen atoms in total. The predicted molar refractivity (Wildman–Crippen MR) is 135 cm³/mol. The molecule has 34 heavy (non-hydrogen) atoms. The summed E-state index contributed by atoms with van der Waals surface area (Å²) in [5.41, 5.74) is 1.08. The normalized spacial score (nSPS) is 13.8. The Morgan fingerprint density at radius 3 is 2.56 bits per heavy atom. The van der Waals surface area contributed by atoms with Crippen LogP contribution in [0.25, 0.3) is 0 Å². The summed E-state index contributed by atoms with van der Waals surface area (Å²) in [5, 5.41) is 2.79. The fraction of sp³-hybridized carbons (Fsp3) is 0.417. The van der Waals surface area contributed by atoms with Gasteiger partial charge in [0.05, 0.1) is 28.1 Å². The number of para-hydroxylation sites is 1. The predicted octanol–water partition coefficient (Wildman–Crippen LogP) is 3.97. The maximum Gasteiger partial charge on any atom is 0.243 e. The van der Waals surface area contributed by atoms with Gasteiger partial charge in [0.1, 0.15) is 5.75 Å². The van der Waals surface area contributed by atoms with Crippen molar-refractivity contribution in [2.75, 3.05) is 35.6 Å². The van der Waals surface area contributed by atoms with Gasteiger partial charge in [-0.3, -0.25) is 9.59 Å². The van der Waals surface area contributed by atoms with Crippen LogP contribution in [0.4, 0.5) is 11.4 Å². The van der Waals surface area contributed by atoms with Crippen LogP contribution < -0.4 is 15.0 Å². The number of rotatable bonds is 10. The molecule has 1 aliphatic rings. The third kappa shape index (κ3) is 5.92. The zero-order chi connectivity index (χ0) is 24.9. The van der Waals surface area contributed by atoms with Crippen LogP contribution in [-0.2, 0) is 19.6 Å². The Balaban J connectivity index is 1.80. The third-order valence-electron chi connectivity index (χ3n) is 5.30. The molecule has 184 valence electrons. The van der Waals surface area contributed by atoms with E-state index in [9.17, 15) is 18.0 Å². The number of hydrogen-bond acceptors (Lipinski definition) is 6. The number of hydrogen-bond donors (Lipinski definition) is 1. The van der Waals surface area contributed by atoms with Crippen molar-refractivity contribution in [1.29, 1.82) is 0 Å². The summed E-state index contributed by atoms with van der Waals surface area (Å²) in [6.07, 6.45) is -0.111. The Hall–Kier alpha value is -2.56. The molecule has 2 aromatic rings. The molecule has 1 aliphatic heterocycles. The van der Waals surface area contributed by atoms with E-state index in [-0.39, 0.29) is 41.5 Å². The van der Waals surface area contributed by atoms with Crippen LogP contribution in [0.2, 0.25) is 0 Å². The van der Waals surface area contributed by atoms with Gasteiger partial charge in [-0.2, -0.15) is 4.31 Å². The zero-order valence-electron chi connectivity index (χ0n) is 19.9. The first-order chi connectivity index (χ1) is 16.2. The molecule has 0 saturated carbocycles. The van der Waals surface area contributed by atoms with Crippen LogP contribution in [0.1, 0.15) is 34.1 Å². The minimum Gasteiger partial charge on any atom is -0.489 e. The number of amides is 2. The van der Waals surface area contributed by atoms with Crippen molar-refractivity contribution in [2.24, 2.45) is 0 Å². The number of benzene rings is 2. The fourth-order valence-corrected chi connectivity index (χ4v) is 6.08. The maximum atomic E-state index is 13.0. The number of carbonyl (C=O) groups excluding carboxylic acids is 2. The van der Waals surface area contributed by atoms with Gasteiger partial charge >= 0.3 is 0 Å². The smallest absolute Gasteiger partial charge is 0.243 e. The standard InChI is InChI=1S/C24H31N3O5S2/c1-5-26(6-2)34(30,31)18-11-12-21(32-17(3)4)19(15-18)25-23(28)13-14-27-20-9-7-8-10-22(20)33-16-24(27)29/h7-12,15,17H,5-6,13-14,16H2,1-4H3,(H,25,28). The largest absolute Gasteiger partial charge is 0.489 e. The Morgan fingerprint density at radius 1 is 1.18 bits per heavy atom. The Kier molecular flexibility index (Phi) is 8.62. The average molecular weight is 506 g/mol. The van der Waals surface area contributed by atoms with Gasteiger partial charge in [0.2, 0.25) is 21.8 Å². The van der Waals surface area contributed by atoms with Crippen molar-refractivity contribution < 1.29 is 22.7 Å². The van der Waals surface area contributed by atoms with Gasteiger partial charge in [-0.15, -0.1) is 11.8 Å². The highest BCUT2D eigenvalue weighted by molar-refractivity contribution is 8.00. The van der Waals surface area contributed by atoms with Gasteiger partial charge < -0.3 is 15.0 Å². The van der Waals surface area contributed by atoms with Crippen molar-refractivity contribution in [2.45, 2.75) is 50.0 Å². The molecule has 0 saturated heterocycles. The minimum absolute atomic E-state index is 0.0485. The second-order valence-electron chi connectivity index (χ2n) is 8.01. The van der Waals surface area contributed by atoms with Gasteiger partial charge in [0.15, 0.2) is 0 Å². The van der Waals surface area contributed by atoms with Crippen LogP contribution >= 0.6 is 11.8 Å². The van der Waals surface area contributed by atoms with Crippen molar-refractivity contribution in [1.82, 2.24) is 4.31 Å². The quantitative estimate of drug-likeness (QED) is 0.525. The first kappa shape index (κ1) is 26.1. The number of fused-ring (bicyclic) bond motifs is 1. The molecular formula is C24H31N3O5S2. The van der Waals surface area contributed by atoms with Crippen molar-refractivity contribution in [3.05, 3.63) is 42.5 Å². The van der Waals surface area contributed by atoms with E-state index in [4.69, 9.17) is 4.74 Å². The van der Waals surface area contributed by atoms with Gasteiger partial charge in [-0.25, -0.2) is 8.42 Å². The van der Waals surface area contributed by atoms with E-state index in [1.807, 2.05) is 38.1 Å². The molecule has 1 heterocycles. The van der Waals surface area contributed by atoms with Crippen molar-refractivity contribution in [3.63, 3.8) is 0 Å². The molecule has 2 amide bonds. The Bertz CT molecular complexity index is 1150. The van der Waals surface area contributed by atoms with E-state index in [1.54, 1.807) is 24.8 Å². The van der Waals surface area contributed by atoms with E-state index in [0.29, 0.717) is 24.6 Å². The zero-order valence-corrected chi connectivity index (χ0v) is 21.5. The number of sulfonamides is 1. The van der Waals surface area contributed by atoms with E-state index in [0.717, 1.165) is 10.6 Å². The second kappa shape index (κ2) is 11.2. The molecular weight excluding hydrogens is 474 g/mol. The molecule has 0 spiro atoms. The van der Waals surface area contributed by atoms with Gasteiger partial charge in [0, 0.05) is 31.0 Å². The molecule has 0 atom stereocenters. The number of nitrogens with zero attached hydrogens (tertiary/aromatic N) is 2. The summed E-state index contributed by atoms with van der Waals surface area (Å²) in [4.78, 5) is 28.0. The number of thioether (sulfide) groups is 1. The van der Waals surface area contributed by atoms with Crippen LogP contribution in [0.15, 0.2) is 52.3 Å². The molecule has 0 aromatic heterocycles. The lowest BCUT2D eigenvalue weighted by Crippen LogP contribution is -2.37. The number of anilines is 2. The molecule has 0 unspecified atom stereocenters. The molecule has 0 aliphatic carbocycles. The second-order valence-corrected chi connectivity index (χ2v) is 11.0. The van der Waals surface area contributed by atoms with Crippen LogP contribution in [0.3, 0.4) is 0 Å². The van der Waals surface area contributed by atoms with Crippen molar-refractivity contribution in [3.8, 4) is 5.75 Å². The highest BCUT2D eigenvalue weighted by Crippen LogP contribution is 2.35. The number of ether oxygens (including phenoxy) is 1. The summed E-state index contributed by atoms with van der Waals surface area (Å²) < 4.78 is 33.1. The monoisotopic (exact) mass is 505 g/mol. The summed E-state index contributed by atoms with van der Waals surface area (Å²) >= 11 is 1.49. The maximum absolute atomic E-state index is 13.0. The third-order valence-corrected chi connectivity index (χ3v) is 8.40. The van der Waals surface area contributed by atoms with Gasteiger partial charge in [-0.1, -0.05) is 26.0 Å². The summed E-state index contributed by atoms with van der Waals surface area (Å²) in [7, 11) is -3.70. The minimum atomic E-state index is -3.70. The van der Waals surface area contributed by atoms with E-state index < -0.39 is 10.0 Å². The van der Waals surface area contributed by atoms with Gasteiger partial charge in [0.25, 0.3) is 0 Å². The highest BCUT2D eigenvalue weighted by atomic mass is 32.2. The Labute approximate surface area is 205 Å². The van der Waals surface area contributed by atoms with E-state index in [1.165, 1.54) is 28.2 Å². The van der Waals surface area contributed by atoms with E-state index in [2.05, 4.69) is 5.32 Å². The van der Waals surface area contributed by atoms with Gasteiger partial charge in [-0.05, 0) is 44.2 Å². The fourth-order valence-electron chi connectivity index (χ4n) is 3.66. The number of carbonyl (C=O) groups is 2. The lowest BCUT2D eigenvalue weighted by atomic mass is 10.2. The molecule has 2 aromatic carbocycles. The summed E-state index contributed by atoms with van der Waals surface area (Å²) in [5.74, 6) is 0.329. The summed E-state index contributed by atoms with van der Waals surface area (Å²) in [6.45, 7) is 8.16. The SMILES string of the molecule is CCN(CC)S(=O)(=O)c1ccc(OC(C)C)c(NC(=O)CCN2C(=O)CSc3ccccc32)c1. The molecule has 10 heteroatoms. The molecule has 3 rings (SSSR count). The lowest BCUT2D eigenvalue weighted by Gasteiger charge is -2.28. The molecule has 0 radical (unpaired) electrons. The van der Waals surface area contributed by atoms with Crippen molar-refractivity contribution >= 4 is 45.0 Å². The van der Waals surface area contributed by atoms with Crippen LogP contribution in [-0.4, -0.2) is 56.0 Å². The Morgan fingerprint density at radius 2 is 1.88 bits per heavy atom. The molecule has 0 fully saturated rings. The average Bonchev–Trinajstić information content (AvgIpc) is 2.79. The highest BCUT2D eigenvalue weighted by Gasteiger charge is 2.26.